The largest absolute Gasteiger partial charge is 0.466 e. The number of ether oxygens (including phenoxy) is 4. The Bertz CT molecular complexity index is 370. The van der Waals surface area contributed by atoms with Gasteiger partial charge >= 0.3 is 23.9 Å². The van der Waals surface area contributed by atoms with E-state index in [1.165, 1.54) is 0 Å². The van der Waals surface area contributed by atoms with Crippen LogP contribution in [0.2, 0.25) is 0 Å². The van der Waals surface area contributed by atoms with Crippen molar-refractivity contribution in [1.29, 1.82) is 0 Å². The molecule has 0 rings (SSSR count). The van der Waals surface area contributed by atoms with Gasteiger partial charge in [0.2, 0.25) is 0 Å². The standard InChI is InChI=1S/2C9H16O4/c1-3-12-8(10)6-5-7-9(11)13-4-2;1-3-8(10)12-6-5-7-13-9(11)4-2/h2*3-7H2,1-2H3. The minimum Gasteiger partial charge on any atom is -0.466 e. The zero-order chi connectivity index (χ0) is 20.2. The fourth-order valence-corrected chi connectivity index (χ4v) is 1.48. The number of hydrogen-bond acceptors (Lipinski definition) is 8. The van der Waals surface area contributed by atoms with Crippen molar-refractivity contribution in [2.75, 3.05) is 26.4 Å². The molecule has 0 aromatic heterocycles. The molecule has 0 aliphatic heterocycles. The molecule has 0 radical (unpaired) electrons. The SMILES string of the molecule is CCC(=O)OCCCOC(=O)CC.CCOC(=O)CCCC(=O)OCC. The molecule has 0 amide bonds. The van der Waals surface area contributed by atoms with Crippen LogP contribution in [0.1, 0.15) is 66.2 Å². The Morgan fingerprint density at radius 1 is 0.538 bits per heavy atom. The lowest BCUT2D eigenvalue weighted by Gasteiger charge is -2.03. The van der Waals surface area contributed by atoms with Gasteiger partial charge in [0.25, 0.3) is 0 Å². The number of rotatable bonds is 12. The van der Waals surface area contributed by atoms with Gasteiger partial charge in [0.05, 0.1) is 26.4 Å². The molecule has 0 saturated heterocycles. The van der Waals surface area contributed by atoms with Gasteiger partial charge in [-0.1, -0.05) is 13.8 Å². The summed E-state index contributed by atoms with van der Waals surface area (Å²) in [5.41, 5.74) is 0. The van der Waals surface area contributed by atoms with Crippen LogP contribution in [-0.2, 0) is 38.1 Å². The van der Waals surface area contributed by atoms with Crippen molar-refractivity contribution >= 4 is 23.9 Å². The van der Waals surface area contributed by atoms with Gasteiger partial charge in [-0.3, -0.25) is 19.2 Å². The summed E-state index contributed by atoms with van der Waals surface area (Å²) in [6, 6.07) is 0. The third-order valence-corrected chi connectivity index (χ3v) is 2.76. The summed E-state index contributed by atoms with van der Waals surface area (Å²) in [5, 5.41) is 0. The van der Waals surface area contributed by atoms with Gasteiger partial charge in [0.15, 0.2) is 0 Å². The van der Waals surface area contributed by atoms with E-state index in [1.807, 2.05) is 0 Å². The summed E-state index contributed by atoms with van der Waals surface area (Å²) in [6.07, 6.45) is 2.40. The van der Waals surface area contributed by atoms with Crippen molar-refractivity contribution in [2.45, 2.75) is 66.2 Å². The van der Waals surface area contributed by atoms with E-state index < -0.39 is 0 Å². The molecule has 0 aromatic rings. The van der Waals surface area contributed by atoms with Gasteiger partial charge in [0, 0.05) is 32.1 Å². The van der Waals surface area contributed by atoms with Gasteiger partial charge in [-0.25, -0.2) is 0 Å². The van der Waals surface area contributed by atoms with Crippen molar-refractivity contribution in [3.63, 3.8) is 0 Å². The maximum Gasteiger partial charge on any atom is 0.305 e. The Hall–Kier alpha value is -2.12. The lowest BCUT2D eigenvalue weighted by molar-refractivity contribution is -0.147. The minimum atomic E-state index is -0.258. The second kappa shape index (κ2) is 19.2. The van der Waals surface area contributed by atoms with Crippen molar-refractivity contribution in [1.82, 2.24) is 0 Å². The zero-order valence-corrected chi connectivity index (χ0v) is 16.3. The number of carbonyl (C=O) groups excluding carboxylic acids is 4. The molecule has 0 spiro atoms. The second-order valence-electron chi connectivity index (χ2n) is 4.97. The van der Waals surface area contributed by atoms with Crippen molar-refractivity contribution in [3.05, 3.63) is 0 Å². The summed E-state index contributed by atoms with van der Waals surface area (Å²) >= 11 is 0. The van der Waals surface area contributed by atoms with E-state index in [0.29, 0.717) is 52.1 Å². The monoisotopic (exact) mass is 376 g/mol. The molecule has 0 N–H and O–H groups in total. The third-order valence-electron chi connectivity index (χ3n) is 2.76. The lowest BCUT2D eigenvalue weighted by Crippen LogP contribution is -2.09. The number of hydrogen-bond donors (Lipinski definition) is 0. The van der Waals surface area contributed by atoms with Crippen LogP contribution in [0.5, 0.6) is 0 Å². The van der Waals surface area contributed by atoms with E-state index in [-0.39, 0.29) is 36.7 Å². The van der Waals surface area contributed by atoms with Crippen molar-refractivity contribution in [2.24, 2.45) is 0 Å². The molecule has 8 heteroatoms. The molecule has 8 nitrogen and oxygen atoms in total. The maximum absolute atomic E-state index is 10.8. The van der Waals surface area contributed by atoms with Crippen LogP contribution in [0.4, 0.5) is 0 Å². The molecule has 0 atom stereocenters. The van der Waals surface area contributed by atoms with Crippen molar-refractivity contribution < 1.29 is 38.1 Å². The van der Waals surface area contributed by atoms with Crippen LogP contribution in [-0.4, -0.2) is 50.3 Å². The van der Waals surface area contributed by atoms with Gasteiger partial charge < -0.3 is 18.9 Å². The second-order valence-corrected chi connectivity index (χ2v) is 4.97. The number of esters is 4. The summed E-state index contributed by atoms with van der Waals surface area (Å²) in [7, 11) is 0. The van der Waals surface area contributed by atoms with E-state index in [4.69, 9.17) is 18.9 Å². The maximum atomic E-state index is 10.8. The van der Waals surface area contributed by atoms with E-state index >= 15 is 0 Å². The van der Waals surface area contributed by atoms with E-state index in [2.05, 4.69) is 0 Å². The minimum absolute atomic E-state index is 0.221. The molecular weight excluding hydrogens is 344 g/mol. The molecule has 0 bridgehead atoms. The highest BCUT2D eigenvalue weighted by Crippen LogP contribution is 1.99. The van der Waals surface area contributed by atoms with Gasteiger partial charge in [-0.2, -0.15) is 0 Å². The zero-order valence-electron chi connectivity index (χ0n) is 16.3. The van der Waals surface area contributed by atoms with E-state index in [0.717, 1.165) is 0 Å². The highest BCUT2D eigenvalue weighted by molar-refractivity contribution is 5.72. The van der Waals surface area contributed by atoms with Crippen LogP contribution < -0.4 is 0 Å². The molecule has 0 unspecified atom stereocenters. The summed E-state index contributed by atoms with van der Waals surface area (Å²) in [4.78, 5) is 42.9. The molecule has 0 fully saturated rings. The normalized spacial score (nSPS) is 9.38. The van der Waals surface area contributed by atoms with Gasteiger partial charge in [0.1, 0.15) is 0 Å². The predicted molar refractivity (Wildman–Crippen MR) is 94.2 cm³/mol. The topological polar surface area (TPSA) is 105 Å². The molecular formula is C18H32O8. The predicted octanol–water partition coefficient (Wildman–Crippen LogP) is 2.57. The molecule has 0 aliphatic rings. The van der Waals surface area contributed by atoms with Crippen molar-refractivity contribution in [3.8, 4) is 0 Å². The first-order valence-electron chi connectivity index (χ1n) is 9.03. The third kappa shape index (κ3) is 19.9. The molecule has 0 aromatic carbocycles. The van der Waals surface area contributed by atoms with Crippen LogP contribution in [0, 0.1) is 0 Å². The fourth-order valence-electron chi connectivity index (χ4n) is 1.48. The van der Waals surface area contributed by atoms with Crippen LogP contribution in [0.15, 0.2) is 0 Å². The van der Waals surface area contributed by atoms with E-state index in [1.54, 1.807) is 27.7 Å². The van der Waals surface area contributed by atoms with Crippen LogP contribution >= 0.6 is 0 Å². The lowest BCUT2D eigenvalue weighted by atomic mass is 10.2. The molecule has 0 aliphatic carbocycles. The first-order chi connectivity index (χ1) is 12.4. The summed E-state index contributed by atoms with van der Waals surface area (Å²) in [5.74, 6) is -0.956. The Balaban J connectivity index is 0. The molecule has 0 saturated carbocycles. The Kier molecular flexibility index (Phi) is 19.3. The van der Waals surface area contributed by atoms with Crippen LogP contribution in [0.3, 0.4) is 0 Å². The molecule has 152 valence electrons. The Morgan fingerprint density at radius 2 is 0.923 bits per heavy atom. The average molecular weight is 376 g/mol. The first kappa shape index (κ1) is 26.1. The highest BCUT2D eigenvalue weighted by atomic mass is 16.5. The molecule has 26 heavy (non-hydrogen) atoms. The molecule has 0 heterocycles. The summed E-state index contributed by atoms with van der Waals surface area (Å²) in [6.45, 7) is 8.40. The average Bonchev–Trinajstić information content (AvgIpc) is 2.62. The first-order valence-corrected chi connectivity index (χ1v) is 9.03. The summed E-state index contributed by atoms with van der Waals surface area (Å²) < 4.78 is 18.9. The van der Waals surface area contributed by atoms with Gasteiger partial charge in [-0.15, -0.1) is 0 Å². The Morgan fingerprint density at radius 3 is 1.23 bits per heavy atom. The quantitative estimate of drug-likeness (QED) is 0.291. The number of carbonyl (C=O) groups is 4. The van der Waals surface area contributed by atoms with E-state index in [9.17, 15) is 19.2 Å². The Labute approximate surface area is 155 Å². The fraction of sp³-hybridized carbons (Fsp3) is 0.778. The van der Waals surface area contributed by atoms with Gasteiger partial charge in [-0.05, 0) is 20.3 Å². The smallest absolute Gasteiger partial charge is 0.305 e. The van der Waals surface area contributed by atoms with Crippen LogP contribution in [0.25, 0.3) is 0 Å². The highest BCUT2D eigenvalue weighted by Gasteiger charge is 2.05.